The summed E-state index contributed by atoms with van der Waals surface area (Å²) in [7, 11) is 0. The quantitative estimate of drug-likeness (QED) is 0.412. The molecule has 0 heterocycles. The van der Waals surface area contributed by atoms with Crippen molar-refractivity contribution in [3.63, 3.8) is 0 Å². The molecule has 3 N–H and O–H groups in total. The third-order valence-corrected chi connectivity index (χ3v) is 3.27. The molecule has 0 aliphatic rings. The molecule has 8 heteroatoms. The second-order valence-electron chi connectivity index (χ2n) is 4.94. The fraction of sp³-hybridized carbons (Fsp3) is 0. The minimum absolute atomic E-state index is 0.122. The first kappa shape index (κ1) is 18.0. The van der Waals surface area contributed by atoms with Crippen LogP contribution in [0.2, 0.25) is 0 Å². The first-order valence-corrected chi connectivity index (χ1v) is 7.41. The van der Waals surface area contributed by atoms with Gasteiger partial charge in [0, 0.05) is 28.9 Å². The summed E-state index contributed by atoms with van der Waals surface area (Å²) < 4.78 is 0. The molecule has 0 spiro atoms. The highest BCUT2D eigenvalue weighted by molar-refractivity contribution is 6.67. The van der Waals surface area contributed by atoms with Gasteiger partial charge in [0.1, 0.15) is 5.17 Å². The van der Waals surface area contributed by atoms with Crippen LogP contribution in [0.3, 0.4) is 0 Å². The van der Waals surface area contributed by atoms with Crippen LogP contribution in [0.25, 0.3) is 0 Å². The lowest BCUT2D eigenvalue weighted by Gasteiger charge is -2.07. The van der Waals surface area contributed by atoms with Crippen LogP contribution >= 0.6 is 11.6 Å². The molecule has 7 nitrogen and oxygen atoms in total. The van der Waals surface area contributed by atoms with Gasteiger partial charge in [-0.1, -0.05) is 29.8 Å². The van der Waals surface area contributed by atoms with Gasteiger partial charge in [0.05, 0.1) is 10.6 Å². The van der Waals surface area contributed by atoms with Gasteiger partial charge in [-0.05, 0) is 30.4 Å². The van der Waals surface area contributed by atoms with E-state index in [4.69, 9.17) is 22.4 Å². The molecule has 126 valence electrons. The van der Waals surface area contributed by atoms with Gasteiger partial charge in [0.15, 0.2) is 0 Å². The van der Waals surface area contributed by atoms with Crippen molar-refractivity contribution in [3.05, 3.63) is 81.9 Å². The Kier molecular flexibility index (Phi) is 5.75. The van der Waals surface area contributed by atoms with E-state index in [9.17, 15) is 14.9 Å². The van der Waals surface area contributed by atoms with Crippen molar-refractivity contribution < 1.29 is 9.72 Å². The van der Waals surface area contributed by atoms with Crippen LogP contribution in [0, 0.1) is 20.9 Å². The van der Waals surface area contributed by atoms with Crippen LogP contribution < -0.4 is 5.32 Å². The molecular weight excluding hydrogens is 344 g/mol. The second kappa shape index (κ2) is 7.98. The Bertz CT molecular complexity index is 893. The van der Waals surface area contributed by atoms with E-state index in [-0.39, 0.29) is 22.1 Å². The number of anilines is 1. The van der Waals surface area contributed by atoms with Crippen molar-refractivity contribution in [1.29, 1.82) is 10.8 Å². The van der Waals surface area contributed by atoms with Crippen LogP contribution in [0.1, 0.15) is 15.9 Å². The van der Waals surface area contributed by atoms with Gasteiger partial charge in [-0.15, -0.1) is 0 Å². The van der Waals surface area contributed by atoms with E-state index in [0.29, 0.717) is 11.3 Å². The summed E-state index contributed by atoms with van der Waals surface area (Å²) in [4.78, 5) is 22.5. The number of hydrogen-bond acceptors (Lipinski definition) is 5. The number of nitrogens with zero attached hydrogens (tertiary/aromatic N) is 1. The summed E-state index contributed by atoms with van der Waals surface area (Å²) in [6.45, 7) is 0. The van der Waals surface area contributed by atoms with Crippen LogP contribution in [0.5, 0.6) is 0 Å². The number of allylic oxidation sites excluding steroid dienone is 2. The monoisotopic (exact) mass is 356 g/mol. The number of non-ortho nitro benzene ring substituents is 1. The Morgan fingerprint density at radius 1 is 1.08 bits per heavy atom. The smallest absolute Gasteiger partial charge is 0.270 e. The molecular formula is C17H13ClN4O3. The Labute approximate surface area is 148 Å². The summed E-state index contributed by atoms with van der Waals surface area (Å²) in [5.41, 5.74) is 1.07. The van der Waals surface area contributed by atoms with Gasteiger partial charge in [0.25, 0.3) is 11.6 Å². The standard InChI is InChI=1S/C17H13ClN4O3/c18-16(20)8-7-15(19)11-3-1-5-13(9-11)21-17(23)12-4-2-6-14(10-12)22(24)25/h1-10,19-20H,(H,21,23)/b8-7-,19-15?,20-16?. The third kappa shape index (κ3) is 5.08. The minimum atomic E-state index is -0.570. The van der Waals surface area contributed by atoms with E-state index in [1.807, 2.05) is 0 Å². The van der Waals surface area contributed by atoms with Gasteiger partial charge < -0.3 is 10.7 Å². The van der Waals surface area contributed by atoms with Crippen molar-refractivity contribution in [3.8, 4) is 0 Å². The van der Waals surface area contributed by atoms with Gasteiger partial charge in [-0.2, -0.15) is 0 Å². The fourth-order valence-electron chi connectivity index (χ4n) is 1.98. The predicted octanol–water partition coefficient (Wildman–Crippen LogP) is 3.99. The van der Waals surface area contributed by atoms with Crippen molar-refractivity contribution in [2.45, 2.75) is 0 Å². The number of rotatable bonds is 6. The maximum absolute atomic E-state index is 12.2. The molecule has 0 atom stereocenters. The SMILES string of the molecule is N=C(Cl)/C=C\C(=N)c1cccc(NC(=O)c2cccc([N+](=O)[O-])c2)c1. The number of carbonyl (C=O) groups is 1. The van der Waals surface area contributed by atoms with Gasteiger partial charge in [0.2, 0.25) is 0 Å². The average Bonchev–Trinajstić information content (AvgIpc) is 2.59. The van der Waals surface area contributed by atoms with Crippen molar-refractivity contribution >= 4 is 39.8 Å². The van der Waals surface area contributed by atoms with E-state index in [1.54, 1.807) is 24.3 Å². The summed E-state index contributed by atoms with van der Waals surface area (Å²) in [5.74, 6) is -0.495. The molecule has 0 aliphatic heterocycles. The zero-order valence-corrected chi connectivity index (χ0v) is 13.6. The predicted molar refractivity (Wildman–Crippen MR) is 97.0 cm³/mol. The minimum Gasteiger partial charge on any atom is -0.322 e. The molecule has 0 radical (unpaired) electrons. The topological polar surface area (TPSA) is 120 Å². The maximum atomic E-state index is 12.2. The summed E-state index contributed by atoms with van der Waals surface area (Å²) >= 11 is 5.41. The normalized spacial score (nSPS) is 10.4. The zero-order chi connectivity index (χ0) is 18.4. The van der Waals surface area contributed by atoms with E-state index in [0.717, 1.165) is 0 Å². The molecule has 25 heavy (non-hydrogen) atoms. The van der Waals surface area contributed by atoms with Crippen LogP contribution in [-0.2, 0) is 0 Å². The fourth-order valence-corrected chi connectivity index (χ4v) is 2.04. The zero-order valence-electron chi connectivity index (χ0n) is 12.8. The molecule has 0 saturated heterocycles. The van der Waals surface area contributed by atoms with Crippen molar-refractivity contribution in [2.75, 3.05) is 5.32 Å². The Balaban J connectivity index is 2.18. The molecule has 2 rings (SSSR count). The summed E-state index contributed by atoms with van der Waals surface area (Å²) in [6.07, 6.45) is 2.65. The van der Waals surface area contributed by atoms with Gasteiger partial charge in [-0.25, -0.2) is 0 Å². The maximum Gasteiger partial charge on any atom is 0.270 e. The van der Waals surface area contributed by atoms with Crippen molar-refractivity contribution in [1.82, 2.24) is 0 Å². The molecule has 2 aromatic rings. The number of benzene rings is 2. The average molecular weight is 357 g/mol. The first-order chi connectivity index (χ1) is 11.9. The molecule has 0 unspecified atom stereocenters. The number of hydrogen-bond donors (Lipinski definition) is 3. The van der Waals surface area contributed by atoms with E-state index in [2.05, 4.69) is 5.32 Å². The first-order valence-electron chi connectivity index (χ1n) is 7.04. The number of halogens is 1. The largest absolute Gasteiger partial charge is 0.322 e. The van der Waals surface area contributed by atoms with Gasteiger partial charge in [-0.3, -0.25) is 20.3 Å². The lowest BCUT2D eigenvalue weighted by Crippen LogP contribution is -2.12. The lowest BCUT2D eigenvalue weighted by atomic mass is 10.1. The molecule has 0 aromatic heterocycles. The van der Waals surface area contributed by atoms with Crippen LogP contribution in [0.4, 0.5) is 11.4 Å². The third-order valence-electron chi connectivity index (χ3n) is 3.15. The molecule has 1 amide bonds. The molecule has 2 aromatic carbocycles. The highest BCUT2D eigenvalue weighted by atomic mass is 35.5. The lowest BCUT2D eigenvalue weighted by molar-refractivity contribution is -0.384. The number of nitro benzene ring substituents is 1. The number of nitro groups is 1. The number of carbonyl (C=O) groups excluding carboxylic acids is 1. The highest BCUT2D eigenvalue weighted by Crippen LogP contribution is 2.16. The number of amides is 1. The number of nitrogens with one attached hydrogen (secondary N) is 3. The van der Waals surface area contributed by atoms with Crippen LogP contribution in [-0.4, -0.2) is 21.7 Å². The van der Waals surface area contributed by atoms with Gasteiger partial charge >= 0.3 is 0 Å². The Morgan fingerprint density at radius 3 is 2.44 bits per heavy atom. The summed E-state index contributed by atoms with van der Waals surface area (Å²) in [6, 6.07) is 12.0. The van der Waals surface area contributed by atoms with Crippen molar-refractivity contribution in [2.24, 2.45) is 0 Å². The Hall–Kier alpha value is -3.32. The van der Waals surface area contributed by atoms with E-state index >= 15 is 0 Å². The molecule has 0 bridgehead atoms. The molecule has 0 aliphatic carbocycles. The van der Waals surface area contributed by atoms with E-state index < -0.39 is 10.8 Å². The second-order valence-corrected chi connectivity index (χ2v) is 5.34. The summed E-state index contributed by atoms with van der Waals surface area (Å²) in [5, 5.41) is 28.2. The highest BCUT2D eigenvalue weighted by Gasteiger charge is 2.12. The Morgan fingerprint density at radius 2 is 1.76 bits per heavy atom. The molecule has 0 saturated carbocycles. The van der Waals surface area contributed by atoms with E-state index in [1.165, 1.54) is 36.4 Å². The molecule has 0 fully saturated rings. The van der Waals surface area contributed by atoms with Crippen LogP contribution in [0.15, 0.2) is 60.7 Å².